The van der Waals surface area contributed by atoms with E-state index in [-0.39, 0.29) is 0 Å². The highest BCUT2D eigenvalue weighted by Crippen LogP contribution is 2.18. The molecule has 2 heterocycles. The first-order valence-electron chi connectivity index (χ1n) is 6.66. The van der Waals surface area contributed by atoms with Crippen molar-refractivity contribution in [2.75, 3.05) is 38.2 Å². The lowest BCUT2D eigenvalue weighted by molar-refractivity contribution is 0.371. The van der Waals surface area contributed by atoms with Gasteiger partial charge >= 0.3 is 0 Å². The third-order valence-corrected chi connectivity index (χ3v) is 3.43. The van der Waals surface area contributed by atoms with Crippen LogP contribution in [0.25, 0.3) is 0 Å². The molecule has 0 aliphatic carbocycles. The fourth-order valence-electron chi connectivity index (χ4n) is 2.33. The summed E-state index contributed by atoms with van der Waals surface area (Å²) in [5, 5.41) is 3.39. The number of nitrogens with one attached hydrogen (secondary N) is 1. The molecule has 1 fully saturated rings. The number of ether oxygens (including phenoxy) is 1. The lowest BCUT2D eigenvalue weighted by Crippen LogP contribution is -2.36. The van der Waals surface area contributed by atoms with Gasteiger partial charge in [0, 0.05) is 25.4 Å². The van der Waals surface area contributed by atoms with Crippen LogP contribution in [0.15, 0.2) is 12.3 Å². The minimum atomic E-state index is 0.628. The number of nitrogens with zero attached hydrogens (tertiary/aromatic N) is 3. The predicted octanol–water partition coefficient (Wildman–Crippen LogP) is 1.31. The highest BCUT2D eigenvalue weighted by Gasteiger charge is 2.18. The van der Waals surface area contributed by atoms with Gasteiger partial charge in [-0.2, -0.15) is 4.98 Å². The minimum Gasteiger partial charge on any atom is -0.481 e. The summed E-state index contributed by atoms with van der Waals surface area (Å²) < 4.78 is 5.15. The number of rotatable bonds is 5. The SMILES string of the molecule is CCN(CC1CCNCC1)c1nccc(OC)n1. The molecule has 1 aromatic rings. The summed E-state index contributed by atoms with van der Waals surface area (Å²) in [5.41, 5.74) is 0. The molecule has 0 atom stereocenters. The van der Waals surface area contributed by atoms with Crippen LogP contribution in [0.1, 0.15) is 19.8 Å². The molecule has 1 saturated heterocycles. The maximum atomic E-state index is 5.15. The Morgan fingerprint density at radius 2 is 2.22 bits per heavy atom. The van der Waals surface area contributed by atoms with E-state index in [1.165, 1.54) is 12.8 Å². The average Bonchev–Trinajstić information content (AvgIpc) is 2.46. The Kier molecular flexibility index (Phi) is 4.75. The number of methoxy groups -OCH3 is 1. The van der Waals surface area contributed by atoms with Gasteiger partial charge in [0.25, 0.3) is 0 Å². The Labute approximate surface area is 109 Å². The first kappa shape index (κ1) is 13.1. The Balaban J connectivity index is 2.02. The van der Waals surface area contributed by atoms with Gasteiger partial charge in [0.2, 0.25) is 11.8 Å². The molecule has 5 nitrogen and oxygen atoms in total. The lowest BCUT2D eigenvalue weighted by Gasteiger charge is -2.29. The molecule has 100 valence electrons. The number of piperidine rings is 1. The first-order valence-corrected chi connectivity index (χ1v) is 6.66. The molecular formula is C13H22N4O. The van der Waals surface area contributed by atoms with Crippen molar-refractivity contribution in [1.82, 2.24) is 15.3 Å². The molecule has 0 saturated carbocycles. The summed E-state index contributed by atoms with van der Waals surface area (Å²) >= 11 is 0. The molecule has 0 spiro atoms. The second-order valence-electron chi connectivity index (χ2n) is 4.63. The van der Waals surface area contributed by atoms with Crippen LogP contribution in [-0.2, 0) is 0 Å². The van der Waals surface area contributed by atoms with Gasteiger partial charge in [0.1, 0.15) is 0 Å². The summed E-state index contributed by atoms with van der Waals surface area (Å²) in [5.74, 6) is 2.14. The third kappa shape index (κ3) is 3.32. The highest BCUT2D eigenvalue weighted by molar-refractivity contribution is 5.31. The van der Waals surface area contributed by atoms with Crippen LogP contribution in [0.5, 0.6) is 5.88 Å². The summed E-state index contributed by atoms with van der Waals surface area (Å²) in [6.45, 7) is 6.36. The van der Waals surface area contributed by atoms with E-state index in [9.17, 15) is 0 Å². The number of hydrogen-bond acceptors (Lipinski definition) is 5. The first-order chi connectivity index (χ1) is 8.83. The zero-order chi connectivity index (χ0) is 12.8. The van der Waals surface area contributed by atoms with Crippen LogP contribution in [-0.4, -0.2) is 43.3 Å². The summed E-state index contributed by atoms with van der Waals surface area (Å²) in [7, 11) is 1.63. The van der Waals surface area contributed by atoms with Gasteiger partial charge in [0.15, 0.2) is 0 Å². The zero-order valence-corrected chi connectivity index (χ0v) is 11.2. The molecule has 1 aliphatic rings. The normalized spacial score (nSPS) is 16.6. The monoisotopic (exact) mass is 250 g/mol. The van der Waals surface area contributed by atoms with E-state index in [1.54, 1.807) is 19.4 Å². The summed E-state index contributed by atoms with van der Waals surface area (Å²) in [6, 6.07) is 1.78. The van der Waals surface area contributed by atoms with Crippen molar-refractivity contribution in [3.05, 3.63) is 12.3 Å². The van der Waals surface area contributed by atoms with Crippen LogP contribution in [0, 0.1) is 5.92 Å². The molecular weight excluding hydrogens is 228 g/mol. The van der Waals surface area contributed by atoms with Gasteiger partial charge in [-0.15, -0.1) is 0 Å². The maximum Gasteiger partial charge on any atom is 0.228 e. The van der Waals surface area contributed by atoms with Crippen molar-refractivity contribution >= 4 is 5.95 Å². The van der Waals surface area contributed by atoms with E-state index in [0.717, 1.165) is 38.0 Å². The van der Waals surface area contributed by atoms with E-state index >= 15 is 0 Å². The van der Waals surface area contributed by atoms with Crippen molar-refractivity contribution in [2.24, 2.45) is 5.92 Å². The Morgan fingerprint density at radius 3 is 2.89 bits per heavy atom. The Morgan fingerprint density at radius 1 is 1.44 bits per heavy atom. The van der Waals surface area contributed by atoms with Gasteiger partial charge in [-0.25, -0.2) is 4.98 Å². The van der Waals surface area contributed by atoms with Crippen molar-refractivity contribution in [2.45, 2.75) is 19.8 Å². The molecule has 18 heavy (non-hydrogen) atoms. The fraction of sp³-hybridized carbons (Fsp3) is 0.692. The van der Waals surface area contributed by atoms with Crippen LogP contribution >= 0.6 is 0 Å². The van der Waals surface area contributed by atoms with Crippen molar-refractivity contribution in [3.63, 3.8) is 0 Å². The lowest BCUT2D eigenvalue weighted by atomic mass is 9.98. The molecule has 0 bridgehead atoms. The highest BCUT2D eigenvalue weighted by atomic mass is 16.5. The minimum absolute atomic E-state index is 0.628. The van der Waals surface area contributed by atoms with Gasteiger partial charge in [-0.05, 0) is 38.8 Å². The molecule has 0 aromatic carbocycles. The van der Waals surface area contributed by atoms with E-state index in [0.29, 0.717) is 5.88 Å². The summed E-state index contributed by atoms with van der Waals surface area (Å²) in [4.78, 5) is 11.0. The molecule has 2 rings (SSSR count). The van der Waals surface area contributed by atoms with Crippen LogP contribution < -0.4 is 15.0 Å². The van der Waals surface area contributed by atoms with E-state index in [2.05, 4.69) is 27.1 Å². The Bertz CT molecular complexity index is 366. The standard InChI is InChI=1S/C13H22N4O/c1-3-17(10-11-4-7-14-8-5-11)13-15-9-6-12(16-13)18-2/h6,9,11,14H,3-5,7-8,10H2,1-2H3. The predicted molar refractivity (Wildman–Crippen MR) is 72.1 cm³/mol. The van der Waals surface area contributed by atoms with Gasteiger partial charge < -0.3 is 15.0 Å². The van der Waals surface area contributed by atoms with Crippen molar-refractivity contribution < 1.29 is 4.74 Å². The van der Waals surface area contributed by atoms with Crippen LogP contribution in [0.2, 0.25) is 0 Å². The third-order valence-electron chi connectivity index (χ3n) is 3.43. The number of hydrogen-bond donors (Lipinski definition) is 1. The smallest absolute Gasteiger partial charge is 0.228 e. The largest absolute Gasteiger partial charge is 0.481 e. The number of aromatic nitrogens is 2. The molecule has 0 amide bonds. The molecule has 0 radical (unpaired) electrons. The molecule has 1 aromatic heterocycles. The fourth-order valence-corrected chi connectivity index (χ4v) is 2.33. The molecule has 5 heteroatoms. The average molecular weight is 250 g/mol. The topological polar surface area (TPSA) is 50.3 Å². The second-order valence-corrected chi connectivity index (χ2v) is 4.63. The second kappa shape index (κ2) is 6.54. The van der Waals surface area contributed by atoms with E-state index in [1.807, 2.05) is 0 Å². The van der Waals surface area contributed by atoms with Gasteiger partial charge in [0.05, 0.1) is 7.11 Å². The molecule has 1 aliphatic heterocycles. The van der Waals surface area contributed by atoms with Crippen LogP contribution in [0.3, 0.4) is 0 Å². The quantitative estimate of drug-likeness (QED) is 0.854. The van der Waals surface area contributed by atoms with E-state index in [4.69, 9.17) is 4.74 Å². The van der Waals surface area contributed by atoms with Crippen molar-refractivity contribution in [1.29, 1.82) is 0 Å². The maximum absolute atomic E-state index is 5.15. The molecule has 0 unspecified atom stereocenters. The van der Waals surface area contributed by atoms with Crippen LogP contribution in [0.4, 0.5) is 5.95 Å². The van der Waals surface area contributed by atoms with E-state index < -0.39 is 0 Å². The van der Waals surface area contributed by atoms with Gasteiger partial charge in [-0.3, -0.25) is 0 Å². The zero-order valence-electron chi connectivity index (χ0n) is 11.2. The molecule has 1 N–H and O–H groups in total. The number of anilines is 1. The van der Waals surface area contributed by atoms with Gasteiger partial charge in [-0.1, -0.05) is 0 Å². The van der Waals surface area contributed by atoms with Crippen molar-refractivity contribution in [3.8, 4) is 5.88 Å². The summed E-state index contributed by atoms with van der Waals surface area (Å²) in [6.07, 6.45) is 4.23. The Hall–Kier alpha value is -1.36.